The van der Waals surface area contributed by atoms with Gasteiger partial charge in [-0.3, -0.25) is 19.3 Å². The second-order valence-electron chi connectivity index (χ2n) is 7.07. The van der Waals surface area contributed by atoms with Crippen molar-refractivity contribution in [1.82, 2.24) is 20.4 Å². The zero-order valence-corrected chi connectivity index (χ0v) is 15.5. The molecule has 0 rings (SSSR count). The standard InChI is InChI=1S/C16H32N4O3/c1-8-20(10-13(21)17-12(2)3)11-15(23)19(7)9-14(22)18-16(4,5)6/h12H,8-11H2,1-7H3,(H,17,21)(H,18,22). The zero-order chi connectivity index (χ0) is 18.2. The van der Waals surface area contributed by atoms with Crippen molar-refractivity contribution in [2.24, 2.45) is 0 Å². The topological polar surface area (TPSA) is 81.8 Å². The average Bonchev–Trinajstić information content (AvgIpc) is 2.33. The molecule has 7 heteroatoms. The van der Waals surface area contributed by atoms with Gasteiger partial charge in [0.2, 0.25) is 17.7 Å². The molecule has 0 fully saturated rings. The van der Waals surface area contributed by atoms with Crippen molar-refractivity contribution in [2.45, 2.75) is 53.1 Å². The van der Waals surface area contributed by atoms with Gasteiger partial charge in [0.25, 0.3) is 0 Å². The van der Waals surface area contributed by atoms with Crippen molar-refractivity contribution in [3.8, 4) is 0 Å². The Kier molecular flexibility index (Phi) is 8.82. The fourth-order valence-electron chi connectivity index (χ4n) is 1.92. The Morgan fingerprint density at radius 1 is 1.00 bits per heavy atom. The second kappa shape index (κ2) is 9.50. The van der Waals surface area contributed by atoms with Crippen LogP contribution in [0, 0.1) is 0 Å². The minimum absolute atomic E-state index is 0.00580. The third kappa shape index (κ3) is 10.7. The molecule has 23 heavy (non-hydrogen) atoms. The van der Waals surface area contributed by atoms with Crippen molar-refractivity contribution < 1.29 is 14.4 Å². The van der Waals surface area contributed by atoms with Gasteiger partial charge in [0, 0.05) is 18.6 Å². The number of amides is 3. The van der Waals surface area contributed by atoms with Crippen LogP contribution < -0.4 is 10.6 Å². The first-order valence-corrected chi connectivity index (χ1v) is 8.01. The molecule has 134 valence electrons. The van der Waals surface area contributed by atoms with Gasteiger partial charge in [-0.25, -0.2) is 0 Å². The van der Waals surface area contributed by atoms with Crippen molar-refractivity contribution in [3.05, 3.63) is 0 Å². The molecule has 0 aromatic carbocycles. The van der Waals surface area contributed by atoms with Crippen LogP contribution in [0.15, 0.2) is 0 Å². The van der Waals surface area contributed by atoms with Gasteiger partial charge in [-0.1, -0.05) is 6.92 Å². The van der Waals surface area contributed by atoms with Crippen molar-refractivity contribution in [3.63, 3.8) is 0 Å². The molecule has 7 nitrogen and oxygen atoms in total. The number of carbonyl (C=O) groups is 3. The summed E-state index contributed by atoms with van der Waals surface area (Å²) >= 11 is 0. The van der Waals surface area contributed by atoms with Crippen LogP contribution in [0.5, 0.6) is 0 Å². The number of rotatable bonds is 8. The highest BCUT2D eigenvalue weighted by atomic mass is 16.2. The van der Waals surface area contributed by atoms with Gasteiger partial charge >= 0.3 is 0 Å². The van der Waals surface area contributed by atoms with Gasteiger partial charge in [-0.2, -0.15) is 0 Å². The van der Waals surface area contributed by atoms with Crippen LogP contribution in [0.3, 0.4) is 0 Å². The number of nitrogens with one attached hydrogen (secondary N) is 2. The smallest absolute Gasteiger partial charge is 0.240 e. The Balaban J connectivity index is 4.41. The minimum Gasteiger partial charge on any atom is -0.353 e. The minimum atomic E-state index is -0.328. The van der Waals surface area contributed by atoms with Gasteiger partial charge in [0.1, 0.15) is 0 Å². The molecule has 0 bridgehead atoms. The second-order valence-corrected chi connectivity index (χ2v) is 7.07. The number of likely N-dealkylation sites (N-methyl/N-ethyl adjacent to an activating group) is 2. The lowest BCUT2D eigenvalue weighted by molar-refractivity contribution is -0.136. The van der Waals surface area contributed by atoms with Crippen molar-refractivity contribution >= 4 is 17.7 Å². The number of nitrogens with zero attached hydrogens (tertiary/aromatic N) is 2. The van der Waals surface area contributed by atoms with E-state index in [1.165, 1.54) is 4.90 Å². The Bertz CT molecular complexity index is 416. The molecule has 3 amide bonds. The molecule has 0 aromatic rings. The highest BCUT2D eigenvalue weighted by molar-refractivity contribution is 5.86. The molecule has 0 saturated carbocycles. The highest BCUT2D eigenvalue weighted by Gasteiger charge is 2.20. The molecule has 0 spiro atoms. The van der Waals surface area contributed by atoms with Gasteiger partial charge < -0.3 is 15.5 Å². The fourth-order valence-corrected chi connectivity index (χ4v) is 1.92. The molecule has 0 aliphatic rings. The van der Waals surface area contributed by atoms with Crippen LogP contribution in [-0.4, -0.2) is 72.3 Å². The maximum Gasteiger partial charge on any atom is 0.240 e. The summed E-state index contributed by atoms with van der Waals surface area (Å²) in [4.78, 5) is 38.9. The zero-order valence-electron chi connectivity index (χ0n) is 15.5. The monoisotopic (exact) mass is 328 g/mol. The summed E-state index contributed by atoms with van der Waals surface area (Å²) in [6.07, 6.45) is 0. The molecule has 0 aliphatic heterocycles. The Morgan fingerprint density at radius 2 is 1.57 bits per heavy atom. The number of carbonyl (C=O) groups excluding carboxylic acids is 3. The van der Waals surface area contributed by atoms with E-state index in [2.05, 4.69) is 10.6 Å². The molecule has 0 aromatic heterocycles. The average molecular weight is 328 g/mol. The van der Waals surface area contributed by atoms with E-state index in [0.717, 1.165) is 0 Å². The Labute approximate surface area is 139 Å². The molecule has 0 unspecified atom stereocenters. The van der Waals surface area contributed by atoms with Crippen LogP contribution in [0.4, 0.5) is 0 Å². The molecule has 0 atom stereocenters. The lowest BCUT2D eigenvalue weighted by atomic mass is 10.1. The van der Waals surface area contributed by atoms with E-state index < -0.39 is 0 Å². The summed E-state index contributed by atoms with van der Waals surface area (Å²) in [5.74, 6) is -0.495. The molecule has 0 aliphatic carbocycles. The fraction of sp³-hybridized carbons (Fsp3) is 0.812. The molecule has 2 N–H and O–H groups in total. The van der Waals surface area contributed by atoms with Crippen molar-refractivity contribution in [1.29, 1.82) is 0 Å². The Morgan fingerprint density at radius 3 is 2.00 bits per heavy atom. The van der Waals surface area contributed by atoms with Gasteiger partial charge in [0.05, 0.1) is 19.6 Å². The van der Waals surface area contributed by atoms with Crippen LogP contribution >= 0.6 is 0 Å². The summed E-state index contributed by atoms with van der Waals surface area (Å²) in [7, 11) is 1.59. The molecule has 0 heterocycles. The normalized spacial score (nSPS) is 11.5. The van der Waals surface area contributed by atoms with Crippen LogP contribution in [0.1, 0.15) is 41.5 Å². The third-order valence-electron chi connectivity index (χ3n) is 2.94. The lowest BCUT2D eigenvalue weighted by Crippen LogP contribution is -2.49. The van der Waals surface area contributed by atoms with Gasteiger partial charge in [0.15, 0.2) is 0 Å². The summed E-state index contributed by atoms with van der Waals surface area (Å²) < 4.78 is 0. The third-order valence-corrected chi connectivity index (χ3v) is 2.94. The van der Waals surface area contributed by atoms with Crippen LogP contribution in [0.25, 0.3) is 0 Å². The molecule has 0 radical (unpaired) electrons. The largest absolute Gasteiger partial charge is 0.353 e. The quantitative estimate of drug-likeness (QED) is 0.667. The first-order chi connectivity index (χ1) is 10.4. The van der Waals surface area contributed by atoms with Gasteiger partial charge in [-0.05, 0) is 41.2 Å². The van der Waals surface area contributed by atoms with E-state index in [-0.39, 0.29) is 48.9 Å². The molecular formula is C16H32N4O3. The van der Waals surface area contributed by atoms with Gasteiger partial charge in [-0.15, -0.1) is 0 Å². The van der Waals surface area contributed by atoms with E-state index in [1.54, 1.807) is 11.9 Å². The summed E-state index contributed by atoms with van der Waals surface area (Å²) in [5.41, 5.74) is -0.328. The Hall–Kier alpha value is -1.63. The first kappa shape index (κ1) is 21.4. The molecular weight excluding hydrogens is 296 g/mol. The summed E-state index contributed by atoms with van der Waals surface area (Å²) in [6, 6.07) is 0.0701. The van der Waals surface area contributed by atoms with E-state index in [0.29, 0.717) is 6.54 Å². The van der Waals surface area contributed by atoms with Crippen LogP contribution in [-0.2, 0) is 14.4 Å². The van der Waals surface area contributed by atoms with E-state index in [1.807, 2.05) is 41.5 Å². The van der Waals surface area contributed by atoms with Crippen molar-refractivity contribution in [2.75, 3.05) is 33.2 Å². The number of hydrogen-bond donors (Lipinski definition) is 2. The SMILES string of the molecule is CCN(CC(=O)NC(C)C)CC(=O)N(C)CC(=O)NC(C)(C)C. The first-order valence-electron chi connectivity index (χ1n) is 8.01. The molecule has 0 saturated heterocycles. The highest BCUT2D eigenvalue weighted by Crippen LogP contribution is 1.99. The maximum absolute atomic E-state index is 12.2. The van der Waals surface area contributed by atoms with Crippen LogP contribution in [0.2, 0.25) is 0 Å². The summed E-state index contributed by atoms with van der Waals surface area (Å²) in [6.45, 7) is 12.2. The van der Waals surface area contributed by atoms with E-state index in [4.69, 9.17) is 0 Å². The number of hydrogen-bond acceptors (Lipinski definition) is 4. The predicted molar refractivity (Wildman–Crippen MR) is 90.9 cm³/mol. The summed E-state index contributed by atoms with van der Waals surface area (Å²) in [5, 5.41) is 5.61. The maximum atomic E-state index is 12.2. The van der Waals surface area contributed by atoms with E-state index >= 15 is 0 Å². The van der Waals surface area contributed by atoms with E-state index in [9.17, 15) is 14.4 Å². The lowest BCUT2D eigenvalue weighted by Gasteiger charge is -2.25. The predicted octanol–water partition coefficient (Wildman–Crippen LogP) is 0.206.